The Labute approximate surface area is 242 Å². The number of nitrogens with one attached hydrogen (secondary N) is 2. The first kappa shape index (κ1) is 39.9. The van der Waals surface area contributed by atoms with Crippen molar-refractivity contribution in [3.05, 3.63) is 0 Å². The third kappa shape index (κ3) is 37.9. The van der Waals surface area contributed by atoms with Crippen LogP contribution in [0.25, 0.3) is 0 Å². The summed E-state index contributed by atoms with van der Waals surface area (Å²) in [5.74, 6) is -1.56. The van der Waals surface area contributed by atoms with Crippen molar-refractivity contribution in [2.24, 2.45) is 0 Å². The Morgan fingerprint density at radius 2 is 0.950 bits per heavy atom. The molecule has 0 aliphatic carbocycles. The maximum absolute atomic E-state index is 11.5. The number of amides is 2. The summed E-state index contributed by atoms with van der Waals surface area (Å²) in [7, 11) is 0. The minimum Gasteiger partial charge on any atom is -0.481 e. The van der Waals surface area contributed by atoms with Crippen LogP contribution in [0.5, 0.6) is 0 Å². The molecular weight excluding hydrogens is 516 g/mol. The highest BCUT2D eigenvalue weighted by Crippen LogP contribution is 2.08. The largest absolute Gasteiger partial charge is 0.481 e. The second kappa shape index (κ2) is 33.0. The van der Waals surface area contributed by atoms with E-state index in [4.69, 9.17) is 15.1 Å². The van der Waals surface area contributed by atoms with Crippen molar-refractivity contribution < 1.29 is 39.3 Å². The molecular formula is C30H58N2O8. The average Bonchev–Trinajstić information content (AvgIpc) is 2.91. The first-order chi connectivity index (χ1) is 19.3. The number of carbonyl (C=O) groups is 4. The van der Waals surface area contributed by atoms with Crippen LogP contribution >= 0.6 is 0 Å². The number of rotatable bonds is 28. The number of unbranched alkanes of at least 4 members (excludes halogenated alkanes) is 14. The van der Waals surface area contributed by atoms with Gasteiger partial charge in [0.05, 0.1) is 6.61 Å². The monoisotopic (exact) mass is 574 g/mol. The van der Waals surface area contributed by atoms with Crippen LogP contribution in [0.1, 0.15) is 155 Å². The molecule has 0 unspecified atom stereocenters. The average molecular weight is 575 g/mol. The van der Waals surface area contributed by atoms with Gasteiger partial charge in [-0.05, 0) is 38.5 Å². The van der Waals surface area contributed by atoms with E-state index in [1.807, 2.05) is 0 Å². The highest BCUT2D eigenvalue weighted by molar-refractivity contribution is 5.75. The minimum atomic E-state index is -0.783. The molecule has 0 atom stereocenters. The summed E-state index contributed by atoms with van der Waals surface area (Å²) in [6, 6.07) is 0. The first-order valence-electron chi connectivity index (χ1n) is 15.6. The van der Waals surface area contributed by atoms with Crippen LogP contribution in [0.2, 0.25) is 0 Å². The number of hydrogen-bond acceptors (Lipinski definition) is 6. The lowest BCUT2D eigenvalue weighted by Crippen LogP contribution is -2.23. The zero-order valence-corrected chi connectivity index (χ0v) is 25.3. The van der Waals surface area contributed by atoms with E-state index >= 15 is 0 Å². The summed E-state index contributed by atoms with van der Waals surface area (Å²) >= 11 is 0. The van der Waals surface area contributed by atoms with Gasteiger partial charge in [-0.15, -0.1) is 4.99 Å². The van der Waals surface area contributed by atoms with E-state index in [-0.39, 0.29) is 24.7 Å². The summed E-state index contributed by atoms with van der Waals surface area (Å²) < 4.78 is 0. The Morgan fingerprint density at radius 3 is 1.48 bits per heavy atom. The molecule has 0 rings (SSSR count). The van der Waals surface area contributed by atoms with E-state index in [0.717, 1.165) is 44.9 Å². The second-order valence-corrected chi connectivity index (χ2v) is 10.2. The number of aliphatic carboxylic acids is 2. The van der Waals surface area contributed by atoms with Crippen molar-refractivity contribution in [1.29, 1.82) is 0 Å². The molecule has 4 N–H and O–H groups in total. The van der Waals surface area contributed by atoms with E-state index in [9.17, 15) is 19.2 Å². The number of hydrogen-bond donors (Lipinski definition) is 4. The molecule has 0 aliphatic heterocycles. The van der Waals surface area contributed by atoms with Gasteiger partial charge in [0.15, 0.2) is 0 Å². The Hall–Kier alpha value is -2.20. The first-order valence-corrected chi connectivity index (χ1v) is 15.6. The van der Waals surface area contributed by atoms with Crippen molar-refractivity contribution in [1.82, 2.24) is 10.8 Å². The Kier molecular flexibility index (Phi) is 33.0. The number of carboxylic acids is 2. The lowest BCUT2D eigenvalue weighted by molar-refractivity contribution is -0.329. The molecule has 0 saturated carbocycles. The van der Waals surface area contributed by atoms with Crippen molar-refractivity contribution >= 4 is 23.8 Å². The summed E-state index contributed by atoms with van der Waals surface area (Å²) in [5.41, 5.74) is 2.24. The maximum atomic E-state index is 11.5. The fraction of sp³-hybridized carbons (Fsp3) is 0.867. The van der Waals surface area contributed by atoms with Gasteiger partial charge in [0, 0.05) is 32.2 Å². The summed E-state index contributed by atoms with van der Waals surface area (Å²) in [5, 5.41) is 19.8. The molecule has 0 heterocycles. The zero-order chi connectivity index (χ0) is 30.1. The molecule has 0 bridgehead atoms. The van der Waals surface area contributed by atoms with E-state index < -0.39 is 11.9 Å². The molecule has 0 spiro atoms. The third-order valence-corrected chi connectivity index (χ3v) is 6.24. The zero-order valence-electron chi connectivity index (χ0n) is 25.3. The normalized spacial score (nSPS) is 10.4. The molecule has 0 radical (unpaired) electrons. The Bertz CT molecular complexity index is 617. The fourth-order valence-corrected chi connectivity index (χ4v) is 3.81. The molecule has 0 saturated heterocycles. The summed E-state index contributed by atoms with van der Waals surface area (Å²) in [4.78, 5) is 52.8. The van der Waals surface area contributed by atoms with Crippen LogP contribution in [-0.4, -0.2) is 47.1 Å². The van der Waals surface area contributed by atoms with Gasteiger partial charge >= 0.3 is 11.9 Å². The van der Waals surface area contributed by atoms with Gasteiger partial charge < -0.3 is 15.5 Å². The molecule has 0 aromatic rings. The van der Waals surface area contributed by atoms with Crippen molar-refractivity contribution in [2.75, 3.05) is 13.2 Å². The van der Waals surface area contributed by atoms with Crippen LogP contribution in [0.15, 0.2) is 0 Å². The molecule has 2 amide bonds. The fourth-order valence-electron chi connectivity index (χ4n) is 3.81. The van der Waals surface area contributed by atoms with Gasteiger partial charge in [-0.2, -0.15) is 0 Å². The predicted molar refractivity (Wildman–Crippen MR) is 156 cm³/mol. The molecule has 40 heavy (non-hydrogen) atoms. The lowest BCUT2D eigenvalue weighted by Gasteiger charge is -2.05. The van der Waals surface area contributed by atoms with Gasteiger partial charge in [0.1, 0.15) is 0 Å². The smallest absolute Gasteiger partial charge is 0.303 e. The van der Waals surface area contributed by atoms with E-state index in [0.29, 0.717) is 45.3 Å². The highest BCUT2D eigenvalue weighted by Gasteiger charge is 2.03. The predicted octanol–water partition coefficient (Wildman–Crippen LogP) is 6.86. The van der Waals surface area contributed by atoms with Crippen LogP contribution in [-0.2, 0) is 29.1 Å². The quantitative estimate of drug-likeness (QED) is 0.0449. The van der Waals surface area contributed by atoms with E-state index in [2.05, 4.69) is 29.6 Å². The Morgan fingerprint density at radius 1 is 0.525 bits per heavy atom. The third-order valence-electron chi connectivity index (χ3n) is 6.24. The van der Waals surface area contributed by atoms with Crippen molar-refractivity contribution in [3.63, 3.8) is 0 Å². The van der Waals surface area contributed by atoms with Crippen LogP contribution in [0, 0.1) is 0 Å². The second-order valence-electron chi connectivity index (χ2n) is 10.2. The lowest BCUT2D eigenvalue weighted by atomic mass is 10.1. The Balaban J connectivity index is 0. The summed E-state index contributed by atoms with van der Waals surface area (Å²) in [6.07, 6.45) is 20.0. The van der Waals surface area contributed by atoms with E-state index in [1.54, 1.807) is 0 Å². The number of hydroxylamine groups is 1. The SMILES string of the molecule is CCCCCCCCC(=O)NCCCCCC(=O)O.CCCCCCCCC(=O)NOOCCCCCC(=O)O. The van der Waals surface area contributed by atoms with Gasteiger partial charge in [-0.1, -0.05) is 90.9 Å². The maximum Gasteiger partial charge on any atom is 0.303 e. The van der Waals surface area contributed by atoms with Crippen molar-refractivity contribution in [2.45, 2.75) is 155 Å². The standard InChI is InChI=1S/C15H29NO5.C15H29NO3/c1-2-3-4-5-6-8-11-14(17)16-21-20-13-10-7-9-12-15(18)19;1-2-3-4-5-6-8-11-14(17)16-13-10-7-9-12-15(18)19/h2-13H2,1H3,(H,16,17)(H,18,19);2-13H2,1H3,(H,16,17)(H,18,19). The van der Waals surface area contributed by atoms with Gasteiger partial charge in [-0.3, -0.25) is 19.2 Å². The molecule has 236 valence electrons. The van der Waals surface area contributed by atoms with Crippen molar-refractivity contribution in [3.8, 4) is 0 Å². The van der Waals surface area contributed by atoms with Crippen LogP contribution in [0.4, 0.5) is 0 Å². The molecule has 10 heteroatoms. The number of carboxylic acid groups (broad SMARTS) is 2. The van der Waals surface area contributed by atoms with Crippen LogP contribution in [0.3, 0.4) is 0 Å². The van der Waals surface area contributed by atoms with Gasteiger partial charge in [0.2, 0.25) is 11.8 Å². The summed E-state index contributed by atoms with van der Waals surface area (Å²) in [6.45, 7) is 5.39. The minimum absolute atomic E-state index is 0.133. The van der Waals surface area contributed by atoms with Gasteiger partial charge in [0.25, 0.3) is 0 Å². The van der Waals surface area contributed by atoms with Gasteiger partial charge in [-0.25, -0.2) is 10.4 Å². The molecule has 0 fully saturated rings. The molecule has 0 aromatic heterocycles. The topological polar surface area (TPSA) is 151 Å². The van der Waals surface area contributed by atoms with E-state index in [1.165, 1.54) is 51.4 Å². The van der Waals surface area contributed by atoms with Crippen LogP contribution < -0.4 is 10.8 Å². The highest BCUT2D eigenvalue weighted by atomic mass is 17.3. The molecule has 0 aliphatic rings. The number of carbonyl (C=O) groups excluding carboxylic acids is 2. The molecule has 0 aromatic carbocycles. The molecule has 10 nitrogen and oxygen atoms in total.